The van der Waals surface area contributed by atoms with Crippen LogP contribution in [0, 0.1) is 32.1 Å². The van der Waals surface area contributed by atoms with Gasteiger partial charge in [0.2, 0.25) is 17.7 Å². The molecule has 0 unspecified atom stereocenters. The number of aryl methyl sites for hydroxylation is 3. The van der Waals surface area contributed by atoms with E-state index < -0.39 is 0 Å². The summed E-state index contributed by atoms with van der Waals surface area (Å²) in [5, 5.41) is 8.96. The molecule has 9 nitrogen and oxygen atoms in total. The predicted octanol–water partition coefficient (Wildman–Crippen LogP) is 8.05. The van der Waals surface area contributed by atoms with Crippen molar-refractivity contribution in [1.29, 1.82) is 5.26 Å². The average Bonchev–Trinajstić information content (AvgIpc) is 3.16. The molecule has 2 aromatic heterocycles. The van der Waals surface area contributed by atoms with Gasteiger partial charge in [-0.05, 0) is 96.6 Å². The van der Waals surface area contributed by atoms with Gasteiger partial charge in [-0.3, -0.25) is 9.69 Å². The van der Waals surface area contributed by atoms with Gasteiger partial charge in [-0.1, -0.05) is 42.5 Å². The molecule has 1 aliphatic rings. The molecule has 1 fully saturated rings. The summed E-state index contributed by atoms with van der Waals surface area (Å²) in [5.41, 5.74) is 7.87. The smallest absolute Gasteiger partial charge is 0.246 e. The number of hydrogen-bond donors (Lipinski definition) is 0. The normalized spacial score (nSPS) is 12.9. The zero-order valence-corrected chi connectivity index (χ0v) is 31.1. The van der Waals surface area contributed by atoms with Crippen molar-refractivity contribution in [2.45, 2.75) is 40.3 Å². The number of ether oxygens (including phenoxy) is 3. The molecule has 0 saturated carbocycles. The molecule has 0 aliphatic carbocycles. The number of nitrogens with zero attached hydrogens (tertiary/aromatic N) is 5. The van der Waals surface area contributed by atoms with Crippen molar-refractivity contribution in [3.8, 4) is 29.3 Å². The van der Waals surface area contributed by atoms with Crippen LogP contribution in [0.5, 0.6) is 23.3 Å². The number of amides is 1. The Morgan fingerprint density at radius 3 is 2.19 bits per heavy atom. The Hall–Kier alpha value is -5.69. The summed E-state index contributed by atoms with van der Waals surface area (Å²) < 4.78 is 17.8. The second-order valence-corrected chi connectivity index (χ2v) is 13.0. The van der Waals surface area contributed by atoms with Gasteiger partial charge in [-0.15, -0.1) is 12.4 Å². The van der Waals surface area contributed by atoms with Crippen LogP contribution in [0.1, 0.15) is 44.6 Å². The maximum absolute atomic E-state index is 13.1. The number of rotatable bonds is 13. The van der Waals surface area contributed by atoms with E-state index >= 15 is 0 Å². The number of hydrogen-bond acceptors (Lipinski definition) is 8. The van der Waals surface area contributed by atoms with E-state index in [1.165, 1.54) is 11.1 Å². The minimum atomic E-state index is 0. The number of benzene rings is 3. The van der Waals surface area contributed by atoms with Crippen LogP contribution < -0.4 is 14.2 Å². The van der Waals surface area contributed by atoms with Crippen LogP contribution in [-0.2, 0) is 24.4 Å². The highest BCUT2D eigenvalue weighted by Crippen LogP contribution is 2.30. The third-order valence-corrected chi connectivity index (χ3v) is 8.92. The maximum Gasteiger partial charge on any atom is 0.246 e. The number of nitriles is 1. The van der Waals surface area contributed by atoms with Crippen molar-refractivity contribution >= 4 is 24.4 Å². The van der Waals surface area contributed by atoms with Crippen molar-refractivity contribution in [1.82, 2.24) is 19.8 Å². The van der Waals surface area contributed by atoms with Crippen LogP contribution in [0.15, 0.2) is 103 Å². The van der Waals surface area contributed by atoms with Gasteiger partial charge in [0, 0.05) is 63.0 Å². The zero-order valence-electron chi connectivity index (χ0n) is 30.3. The first-order chi connectivity index (χ1) is 25.3. The molecule has 1 amide bonds. The third-order valence-electron chi connectivity index (χ3n) is 8.92. The zero-order chi connectivity index (χ0) is 36.3. The molecule has 3 aromatic carbocycles. The van der Waals surface area contributed by atoms with Gasteiger partial charge in [-0.2, -0.15) is 5.26 Å². The highest BCUT2D eigenvalue weighted by molar-refractivity contribution is 5.92. The fourth-order valence-electron chi connectivity index (χ4n) is 6.04. The lowest BCUT2D eigenvalue weighted by molar-refractivity contribution is -0.127. The van der Waals surface area contributed by atoms with Gasteiger partial charge in [0.1, 0.15) is 18.1 Å². The molecule has 10 heteroatoms. The van der Waals surface area contributed by atoms with Gasteiger partial charge in [0.15, 0.2) is 0 Å². The highest BCUT2D eigenvalue weighted by Gasteiger charge is 2.20. The monoisotopic (exact) mass is 729 g/mol. The van der Waals surface area contributed by atoms with Crippen molar-refractivity contribution in [3.63, 3.8) is 0 Å². The van der Waals surface area contributed by atoms with Gasteiger partial charge in [-0.25, -0.2) is 9.97 Å². The first kappa shape index (κ1) is 38.5. The summed E-state index contributed by atoms with van der Waals surface area (Å²) in [6.45, 7) is 10.8. The van der Waals surface area contributed by atoms with E-state index in [0.717, 1.165) is 59.8 Å². The Labute approximate surface area is 317 Å². The fourth-order valence-corrected chi connectivity index (χ4v) is 6.04. The highest BCUT2D eigenvalue weighted by atomic mass is 35.5. The molecule has 0 N–H and O–H groups in total. The number of carbonyl (C=O) groups excluding carboxylic acids is 1. The van der Waals surface area contributed by atoms with Crippen LogP contribution in [0.25, 0.3) is 6.08 Å². The summed E-state index contributed by atoms with van der Waals surface area (Å²) in [7, 11) is 0. The molecular weight excluding hydrogens is 686 g/mol. The summed E-state index contributed by atoms with van der Waals surface area (Å²) in [5.74, 6) is 2.50. The number of piperazine rings is 1. The van der Waals surface area contributed by atoms with E-state index in [1.807, 2.05) is 80.3 Å². The van der Waals surface area contributed by atoms with E-state index in [-0.39, 0.29) is 18.3 Å². The topological polar surface area (TPSA) is 101 Å². The number of aromatic nitrogens is 2. The van der Waals surface area contributed by atoms with E-state index in [2.05, 4.69) is 45.2 Å². The minimum Gasteiger partial charge on any atom is -0.487 e. The van der Waals surface area contributed by atoms with Crippen molar-refractivity contribution in [2.24, 2.45) is 0 Å². The Morgan fingerprint density at radius 1 is 0.830 bits per heavy atom. The summed E-state index contributed by atoms with van der Waals surface area (Å²) in [6.07, 6.45) is 6.00. The Balaban J connectivity index is 0.00000541. The van der Waals surface area contributed by atoms with Crippen LogP contribution in [0.4, 0.5) is 0 Å². The van der Waals surface area contributed by atoms with E-state index in [4.69, 9.17) is 19.5 Å². The SMILES string of the molecule is Cc1cccc(OCCc2ccc(CN3CCN(C(=O)/C=C/c4cc(C)c(Oc5ccc(OCc6ccc(C#N)cc6)cn5)c(C)c4)CC3)cc2)n1.Cl. The van der Waals surface area contributed by atoms with Gasteiger partial charge in [0.05, 0.1) is 24.4 Å². The van der Waals surface area contributed by atoms with E-state index in [9.17, 15) is 4.79 Å². The molecule has 0 bridgehead atoms. The van der Waals surface area contributed by atoms with Crippen LogP contribution in [-0.4, -0.2) is 58.5 Å². The molecular formula is C43H44ClN5O4. The number of pyridine rings is 2. The fraction of sp³-hybridized carbons (Fsp3) is 0.256. The van der Waals surface area contributed by atoms with Crippen LogP contribution >= 0.6 is 12.4 Å². The lowest BCUT2D eigenvalue weighted by Gasteiger charge is -2.34. The summed E-state index contributed by atoms with van der Waals surface area (Å²) in [4.78, 5) is 26.2. The quantitative estimate of drug-likeness (QED) is 0.112. The standard InChI is InChI=1S/C43H43N5O4.ClH/c1-31-25-38(26-32(2)43(31)52-40-17-16-39(28-45-40)51-30-37-13-9-35(27-44)10-14-37)15-18-42(49)48-22-20-47(21-23-48)29-36-11-7-34(8-12-36)19-24-50-41-6-4-5-33(3)46-41;/h4-18,25-26,28H,19-24,29-30H2,1-3H3;1H/b18-15+;. The summed E-state index contributed by atoms with van der Waals surface area (Å²) in [6, 6.07) is 31.5. The molecule has 0 radical (unpaired) electrons. The molecule has 5 aromatic rings. The lowest BCUT2D eigenvalue weighted by Crippen LogP contribution is -2.47. The van der Waals surface area contributed by atoms with E-state index in [1.54, 1.807) is 30.5 Å². The Kier molecular flexibility index (Phi) is 13.6. The van der Waals surface area contributed by atoms with Crippen LogP contribution in [0.3, 0.4) is 0 Å². The molecule has 6 rings (SSSR count). The van der Waals surface area contributed by atoms with Crippen molar-refractivity contribution < 1.29 is 19.0 Å². The van der Waals surface area contributed by atoms with Gasteiger partial charge < -0.3 is 19.1 Å². The van der Waals surface area contributed by atoms with Gasteiger partial charge >= 0.3 is 0 Å². The molecule has 1 aliphatic heterocycles. The molecule has 3 heterocycles. The number of carbonyl (C=O) groups is 1. The van der Waals surface area contributed by atoms with Crippen LogP contribution in [0.2, 0.25) is 0 Å². The predicted molar refractivity (Wildman–Crippen MR) is 208 cm³/mol. The Morgan fingerprint density at radius 2 is 1.53 bits per heavy atom. The first-order valence-corrected chi connectivity index (χ1v) is 17.5. The van der Waals surface area contributed by atoms with Gasteiger partial charge in [0.25, 0.3) is 0 Å². The van der Waals surface area contributed by atoms with E-state index in [0.29, 0.717) is 49.4 Å². The van der Waals surface area contributed by atoms with Crippen molar-refractivity contribution in [2.75, 3.05) is 32.8 Å². The Bertz CT molecular complexity index is 2010. The molecule has 0 spiro atoms. The molecule has 53 heavy (non-hydrogen) atoms. The second-order valence-electron chi connectivity index (χ2n) is 13.0. The first-order valence-electron chi connectivity index (χ1n) is 17.5. The molecule has 1 saturated heterocycles. The lowest BCUT2D eigenvalue weighted by atomic mass is 10.1. The summed E-state index contributed by atoms with van der Waals surface area (Å²) >= 11 is 0. The van der Waals surface area contributed by atoms with Crippen molar-refractivity contribution in [3.05, 3.63) is 148 Å². The third kappa shape index (κ3) is 11.1. The largest absolute Gasteiger partial charge is 0.487 e. The number of halogens is 1. The molecule has 272 valence electrons. The average molecular weight is 730 g/mol. The second kappa shape index (κ2) is 18.7. The minimum absolute atomic E-state index is 0. The molecule has 0 atom stereocenters. The maximum atomic E-state index is 13.1.